The van der Waals surface area contributed by atoms with E-state index in [0.717, 1.165) is 19.0 Å². The Morgan fingerprint density at radius 1 is 1.56 bits per heavy atom. The quantitative estimate of drug-likeness (QED) is 0.852. The largest absolute Gasteiger partial charge is 0.465 e. The number of carbonyl (C=O) groups is 1. The van der Waals surface area contributed by atoms with Gasteiger partial charge in [0.2, 0.25) is 0 Å². The lowest BCUT2D eigenvalue weighted by Crippen LogP contribution is -2.39. The predicted octanol–water partition coefficient (Wildman–Crippen LogP) is 1.42. The highest BCUT2D eigenvalue weighted by molar-refractivity contribution is 5.64. The molecule has 2 heterocycles. The van der Waals surface area contributed by atoms with Crippen molar-refractivity contribution in [3.63, 3.8) is 0 Å². The van der Waals surface area contributed by atoms with Gasteiger partial charge in [0.05, 0.1) is 6.20 Å². The molecular formula is C11H15FN4O2. The van der Waals surface area contributed by atoms with Crippen LogP contribution in [-0.4, -0.2) is 45.7 Å². The molecule has 2 N–H and O–H groups in total. The molecule has 1 fully saturated rings. The minimum absolute atomic E-state index is 0.200. The van der Waals surface area contributed by atoms with E-state index in [9.17, 15) is 9.18 Å². The van der Waals surface area contributed by atoms with Gasteiger partial charge in [0.1, 0.15) is 6.33 Å². The highest BCUT2D eigenvalue weighted by Crippen LogP contribution is 2.18. The third-order valence-electron chi connectivity index (χ3n) is 3.11. The second-order valence-corrected chi connectivity index (χ2v) is 4.31. The van der Waals surface area contributed by atoms with Gasteiger partial charge in [0, 0.05) is 19.6 Å². The molecule has 0 aliphatic carbocycles. The zero-order valence-electron chi connectivity index (χ0n) is 9.84. The zero-order chi connectivity index (χ0) is 13.0. The molecule has 1 amide bonds. The minimum atomic E-state index is -0.872. The van der Waals surface area contributed by atoms with Gasteiger partial charge in [-0.3, -0.25) is 0 Å². The molecule has 1 aliphatic heterocycles. The number of carboxylic acid groups (broad SMARTS) is 1. The Kier molecular flexibility index (Phi) is 3.91. The number of anilines is 1. The van der Waals surface area contributed by atoms with E-state index >= 15 is 0 Å². The Morgan fingerprint density at radius 3 is 2.89 bits per heavy atom. The molecular weight excluding hydrogens is 239 g/mol. The van der Waals surface area contributed by atoms with E-state index in [-0.39, 0.29) is 5.82 Å². The monoisotopic (exact) mass is 254 g/mol. The fraction of sp³-hybridized carbons (Fsp3) is 0.545. The maximum absolute atomic E-state index is 13.2. The van der Waals surface area contributed by atoms with Crippen molar-refractivity contribution in [2.24, 2.45) is 5.92 Å². The molecule has 0 aromatic carbocycles. The van der Waals surface area contributed by atoms with E-state index in [4.69, 9.17) is 5.11 Å². The molecule has 0 saturated carbocycles. The number of piperidine rings is 1. The third kappa shape index (κ3) is 3.06. The van der Waals surface area contributed by atoms with Crippen LogP contribution in [0.15, 0.2) is 12.5 Å². The summed E-state index contributed by atoms with van der Waals surface area (Å²) in [5.74, 6) is 0.0705. The first-order valence-electron chi connectivity index (χ1n) is 5.84. The molecule has 1 aromatic heterocycles. The first-order chi connectivity index (χ1) is 8.66. The van der Waals surface area contributed by atoms with Crippen molar-refractivity contribution in [3.05, 3.63) is 18.3 Å². The average molecular weight is 254 g/mol. The number of hydrogen-bond acceptors (Lipinski definition) is 4. The molecule has 18 heavy (non-hydrogen) atoms. The maximum Gasteiger partial charge on any atom is 0.407 e. The third-order valence-corrected chi connectivity index (χ3v) is 3.11. The van der Waals surface area contributed by atoms with Crippen LogP contribution in [0.1, 0.15) is 12.8 Å². The molecule has 0 atom stereocenters. The summed E-state index contributed by atoms with van der Waals surface area (Å²) in [5, 5.41) is 11.7. The highest BCUT2D eigenvalue weighted by atomic mass is 19.1. The van der Waals surface area contributed by atoms with Crippen molar-refractivity contribution in [2.75, 3.05) is 25.0 Å². The Balaban J connectivity index is 1.79. The van der Waals surface area contributed by atoms with Crippen molar-refractivity contribution in [1.82, 2.24) is 14.9 Å². The van der Waals surface area contributed by atoms with Gasteiger partial charge < -0.3 is 15.3 Å². The number of likely N-dealkylation sites (tertiary alicyclic amines) is 1. The summed E-state index contributed by atoms with van der Waals surface area (Å²) in [4.78, 5) is 19.5. The fourth-order valence-electron chi connectivity index (χ4n) is 2.01. The van der Waals surface area contributed by atoms with Gasteiger partial charge in [0.15, 0.2) is 11.6 Å². The summed E-state index contributed by atoms with van der Waals surface area (Å²) in [6, 6.07) is 0. The van der Waals surface area contributed by atoms with Crippen LogP contribution in [0.2, 0.25) is 0 Å². The molecule has 2 rings (SSSR count). The molecule has 1 saturated heterocycles. The van der Waals surface area contributed by atoms with Gasteiger partial charge in [-0.05, 0) is 18.8 Å². The van der Waals surface area contributed by atoms with Crippen molar-refractivity contribution >= 4 is 11.9 Å². The Labute approximate surface area is 104 Å². The normalized spacial score (nSPS) is 16.6. The van der Waals surface area contributed by atoms with Gasteiger partial charge in [-0.15, -0.1) is 0 Å². The number of hydrogen-bond donors (Lipinski definition) is 2. The Bertz CT molecular complexity index is 421. The molecule has 6 nitrogen and oxygen atoms in total. The van der Waals surface area contributed by atoms with E-state index in [1.165, 1.54) is 11.2 Å². The van der Waals surface area contributed by atoms with E-state index in [0.29, 0.717) is 25.6 Å². The molecule has 0 bridgehead atoms. The van der Waals surface area contributed by atoms with Crippen LogP contribution in [0.3, 0.4) is 0 Å². The Morgan fingerprint density at radius 2 is 2.28 bits per heavy atom. The highest BCUT2D eigenvalue weighted by Gasteiger charge is 2.22. The molecule has 98 valence electrons. The summed E-state index contributed by atoms with van der Waals surface area (Å²) >= 11 is 0. The van der Waals surface area contributed by atoms with Crippen LogP contribution in [-0.2, 0) is 0 Å². The lowest BCUT2D eigenvalue weighted by Gasteiger charge is -2.30. The van der Waals surface area contributed by atoms with Crippen LogP contribution in [0.25, 0.3) is 0 Å². The van der Waals surface area contributed by atoms with E-state index in [1.807, 2.05) is 0 Å². The second-order valence-electron chi connectivity index (χ2n) is 4.31. The number of halogens is 1. The van der Waals surface area contributed by atoms with Crippen molar-refractivity contribution in [2.45, 2.75) is 12.8 Å². The van der Waals surface area contributed by atoms with E-state index in [1.54, 1.807) is 0 Å². The van der Waals surface area contributed by atoms with Crippen molar-refractivity contribution < 1.29 is 14.3 Å². The average Bonchev–Trinajstić information content (AvgIpc) is 2.38. The topological polar surface area (TPSA) is 78.4 Å². The first-order valence-corrected chi connectivity index (χ1v) is 5.84. The molecule has 1 aliphatic rings. The number of nitrogens with one attached hydrogen (secondary N) is 1. The second kappa shape index (κ2) is 5.61. The van der Waals surface area contributed by atoms with E-state index in [2.05, 4.69) is 15.3 Å². The SMILES string of the molecule is O=C(O)N1CCC(CNc2ncncc2F)CC1. The number of rotatable bonds is 3. The zero-order valence-corrected chi connectivity index (χ0v) is 9.84. The van der Waals surface area contributed by atoms with E-state index < -0.39 is 11.9 Å². The van der Waals surface area contributed by atoms with Gasteiger partial charge >= 0.3 is 6.09 Å². The molecule has 7 heteroatoms. The summed E-state index contributed by atoms with van der Waals surface area (Å²) in [7, 11) is 0. The number of nitrogens with zero attached hydrogens (tertiary/aromatic N) is 3. The summed E-state index contributed by atoms with van der Waals surface area (Å²) < 4.78 is 13.2. The lowest BCUT2D eigenvalue weighted by atomic mass is 9.97. The predicted molar refractivity (Wildman–Crippen MR) is 62.8 cm³/mol. The maximum atomic E-state index is 13.2. The smallest absolute Gasteiger partial charge is 0.407 e. The molecule has 0 radical (unpaired) electrons. The van der Waals surface area contributed by atoms with Crippen LogP contribution in [0.4, 0.5) is 15.0 Å². The summed E-state index contributed by atoms with van der Waals surface area (Å²) in [6.45, 7) is 1.67. The van der Waals surface area contributed by atoms with Crippen LogP contribution >= 0.6 is 0 Å². The van der Waals surface area contributed by atoms with Gasteiger partial charge in [-0.25, -0.2) is 19.2 Å². The summed E-state index contributed by atoms with van der Waals surface area (Å²) in [5.41, 5.74) is 0. The molecule has 1 aromatic rings. The van der Waals surface area contributed by atoms with Crippen LogP contribution in [0.5, 0.6) is 0 Å². The lowest BCUT2D eigenvalue weighted by molar-refractivity contribution is 0.126. The number of aromatic nitrogens is 2. The van der Waals surface area contributed by atoms with Crippen molar-refractivity contribution in [3.8, 4) is 0 Å². The Hall–Kier alpha value is -1.92. The fourth-order valence-corrected chi connectivity index (χ4v) is 2.01. The van der Waals surface area contributed by atoms with Crippen molar-refractivity contribution in [1.29, 1.82) is 0 Å². The minimum Gasteiger partial charge on any atom is -0.465 e. The van der Waals surface area contributed by atoms with Gasteiger partial charge in [-0.1, -0.05) is 0 Å². The van der Waals surface area contributed by atoms with Crippen LogP contribution < -0.4 is 5.32 Å². The molecule has 0 spiro atoms. The van der Waals surface area contributed by atoms with Gasteiger partial charge in [0.25, 0.3) is 0 Å². The summed E-state index contributed by atoms with van der Waals surface area (Å²) in [6.07, 6.45) is 3.10. The number of amides is 1. The standard InChI is InChI=1S/C11H15FN4O2/c12-9-6-13-7-15-10(9)14-5-8-1-3-16(4-2-8)11(17)18/h6-8H,1-5H2,(H,17,18)(H,13,14,15). The van der Waals surface area contributed by atoms with Gasteiger partial charge in [-0.2, -0.15) is 0 Å². The van der Waals surface area contributed by atoms with Crippen LogP contribution in [0, 0.1) is 11.7 Å². The first kappa shape index (κ1) is 12.5. The molecule has 0 unspecified atom stereocenters.